The Balaban J connectivity index is 2.61. The maximum atomic E-state index is 9.38. The number of nitriles is 1. The van der Waals surface area contributed by atoms with E-state index >= 15 is 0 Å². The van der Waals surface area contributed by atoms with Crippen molar-refractivity contribution in [3.63, 3.8) is 0 Å². The van der Waals surface area contributed by atoms with Gasteiger partial charge in [-0.2, -0.15) is 16.6 Å². The third-order valence-electron chi connectivity index (χ3n) is 1.87. The largest absolute Gasteiger partial charge is 0.287 e. The molecule has 13 heavy (non-hydrogen) atoms. The minimum atomic E-state index is 0.118. The first-order valence-electron chi connectivity index (χ1n) is 3.55. The zero-order valence-electron chi connectivity index (χ0n) is 6.49. The van der Waals surface area contributed by atoms with E-state index in [1.165, 1.54) is 11.3 Å². The van der Waals surface area contributed by atoms with Gasteiger partial charge in [0.2, 0.25) is 0 Å². The molecule has 0 amide bonds. The SMILES string of the molecule is N#CC1=C(Cl)c2cscc2CN1O. The highest BCUT2D eigenvalue weighted by Gasteiger charge is 2.23. The quantitative estimate of drug-likeness (QED) is 0.718. The van der Waals surface area contributed by atoms with Crippen molar-refractivity contribution in [1.82, 2.24) is 5.06 Å². The van der Waals surface area contributed by atoms with E-state index in [2.05, 4.69) is 0 Å². The van der Waals surface area contributed by atoms with Gasteiger partial charge in [-0.25, -0.2) is 5.06 Å². The van der Waals surface area contributed by atoms with Gasteiger partial charge in [-0.05, 0) is 16.3 Å². The number of hydrogen-bond donors (Lipinski definition) is 1. The molecule has 1 N–H and O–H groups in total. The average molecular weight is 213 g/mol. The lowest BCUT2D eigenvalue weighted by Gasteiger charge is -2.21. The number of rotatable bonds is 0. The van der Waals surface area contributed by atoms with Gasteiger partial charge in [-0.3, -0.25) is 5.21 Å². The molecule has 0 aliphatic carbocycles. The molecule has 1 aliphatic heterocycles. The second kappa shape index (κ2) is 3.04. The molecule has 0 bridgehead atoms. The first-order valence-corrected chi connectivity index (χ1v) is 4.88. The van der Waals surface area contributed by atoms with Crippen LogP contribution in [0, 0.1) is 11.3 Å². The molecule has 0 saturated heterocycles. The highest BCUT2D eigenvalue weighted by Crippen LogP contribution is 2.35. The number of halogens is 1. The van der Waals surface area contributed by atoms with Gasteiger partial charge in [0, 0.05) is 5.56 Å². The summed E-state index contributed by atoms with van der Waals surface area (Å²) >= 11 is 7.42. The Morgan fingerprint density at radius 1 is 1.62 bits per heavy atom. The van der Waals surface area contributed by atoms with E-state index in [0.717, 1.165) is 16.2 Å². The Labute approximate surface area is 84.0 Å². The van der Waals surface area contributed by atoms with E-state index in [-0.39, 0.29) is 5.70 Å². The summed E-state index contributed by atoms with van der Waals surface area (Å²) in [6.07, 6.45) is 0. The Morgan fingerprint density at radius 2 is 2.38 bits per heavy atom. The molecule has 1 aliphatic rings. The monoisotopic (exact) mass is 212 g/mol. The van der Waals surface area contributed by atoms with Crippen molar-refractivity contribution >= 4 is 28.0 Å². The van der Waals surface area contributed by atoms with Crippen LogP contribution in [0.2, 0.25) is 0 Å². The molecule has 66 valence electrons. The van der Waals surface area contributed by atoms with E-state index < -0.39 is 0 Å². The standard InChI is InChI=1S/C8H5ClN2OS/c9-8-6-4-13-3-5(6)2-11(12)7(8)1-10/h3-4,12H,2H2. The summed E-state index contributed by atoms with van der Waals surface area (Å²) < 4.78 is 0. The van der Waals surface area contributed by atoms with Gasteiger partial charge in [-0.1, -0.05) is 11.6 Å². The van der Waals surface area contributed by atoms with Crippen LogP contribution in [0.15, 0.2) is 16.5 Å². The van der Waals surface area contributed by atoms with Gasteiger partial charge < -0.3 is 0 Å². The maximum absolute atomic E-state index is 9.38. The summed E-state index contributed by atoms with van der Waals surface area (Å²) in [5.74, 6) is 0. The van der Waals surface area contributed by atoms with Gasteiger partial charge in [0.05, 0.1) is 11.6 Å². The molecule has 1 aromatic heterocycles. The number of thiophene rings is 1. The van der Waals surface area contributed by atoms with Gasteiger partial charge in [-0.15, -0.1) is 0 Å². The number of allylic oxidation sites excluding steroid dienone is 1. The minimum absolute atomic E-state index is 0.118. The van der Waals surface area contributed by atoms with Crippen molar-refractivity contribution in [2.75, 3.05) is 0 Å². The minimum Gasteiger partial charge on any atom is -0.287 e. The molecule has 0 fully saturated rings. The molecule has 2 rings (SSSR count). The smallest absolute Gasteiger partial charge is 0.160 e. The molecule has 5 heteroatoms. The normalized spacial score (nSPS) is 15.6. The summed E-state index contributed by atoms with van der Waals surface area (Å²) in [5.41, 5.74) is 1.93. The summed E-state index contributed by atoms with van der Waals surface area (Å²) in [4.78, 5) is 0. The van der Waals surface area contributed by atoms with Crippen molar-refractivity contribution in [2.45, 2.75) is 6.54 Å². The number of hydroxylamine groups is 2. The van der Waals surface area contributed by atoms with E-state index in [4.69, 9.17) is 16.9 Å². The first-order chi connectivity index (χ1) is 6.24. The third-order valence-corrected chi connectivity index (χ3v) is 3.05. The molecule has 0 saturated carbocycles. The molecule has 0 spiro atoms. The molecule has 0 atom stereocenters. The van der Waals surface area contributed by atoms with Crippen molar-refractivity contribution in [3.05, 3.63) is 27.6 Å². The van der Waals surface area contributed by atoms with Crippen LogP contribution < -0.4 is 0 Å². The summed E-state index contributed by atoms with van der Waals surface area (Å²) in [6, 6.07) is 1.86. The lowest BCUT2D eigenvalue weighted by molar-refractivity contribution is -0.0590. The van der Waals surface area contributed by atoms with Crippen molar-refractivity contribution in [3.8, 4) is 6.07 Å². The van der Waals surface area contributed by atoms with Crippen LogP contribution in [0.1, 0.15) is 11.1 Å². The highest BCUT2D eigenvalue weighted by molar-refractivity contribution is 7.08. The summed E-state index contributed by atoms with van der Waals surface area (Å²) in [7, 11) is 0. The second-order valence-corrected chi connectivity index (χ2v) is 3.76. The number of hydrogen-bond acceptors (Lipinski definition) is 4. The van der Waals surface area contributed by atoms with E-state index in [0.29, 0.717) is 11.6 Å². The van der Waals surface area contributed by atoms with E-state index in [1.807, 2.05) is 16.8 Å². The molecule has 3 nitrogen and oxygen atoms in total. The lowest BCUT2D eigenvalue weighted by Crippen LogP contribution is -2.21. The Hall–Kier alpha value is -1.02. The lowest BCUT2D eigenvalue weighted by atomic mass is 10.1. The van der Waals surface area contributed by atoms with Crippen LogP contribution in [-0.2, 0) is 6.54 Å². The molecule has 0 radical (unpaired) electrons. The van der Waals surface area contributed by atoms with Crippen LogP contribution in [0.3, 0.4) is 0 Å². The molecule has 2 heterocycles. The van der Waals surface area contributed by atoms with E-state index in [1.54, 1.807) is 0 Å². The topological polar surface area (TPSA) is 47.3 Å². The fraction of sp³-hybridized carbons (Fsp3) is 0.125. The molecular weight excluding hydrogens is 208 g/mol. The number of fused-ring (bicyclic) bond motifs is 1. The third kappa shape index (κ3) is 1.22. The van der Waals surface area contributed by atoms with Crippen molar-refractivity contribution in [1.29, 1.82) is 5.26 Å². The molecular formula is C8H5ClN2OS. The van der Waals surface area contributed by atoms with Gasteiger partial charge in [0.15, 0.2) is 5.70 Å². The van der Waals surface area contributed by atoms with Crippen molar-refractivity contribution < 1.29 is 5.21 Å². The molecule has 1 aromatic rings. The Kier molecular flexibility index (Phi) is 2.00. The average Bonchev–Trinajstić information content (AvgIpc) is 2.53. The van der Waals surface area contributed by atoms with E-state index in [9.17, 15) is 5.21 Å². The Bertz CT molecular complexity index is 418. The zero-order valence-corrected chi connectivity index (χ0v) is 8.06. The first kappa shape index (κ1) is 8.57. The maximum Gasteiger partial charge on any atom is 0.160 e. The summed E-state index contributed by atoms with van der Waals surface area (Å²) in [6.45, 7) is 0.331. The Morgan fingerprint density at radius 3 is 3.08 bits per heavy atom. The van der Waals surface area contributed by atoms with Crippen LogP contribution in [0.4, 0.5) is 0 Å². The molecule has 0 unspecified atom stereocenters. The predicted octanol–water partition coefficient (Wildman–Crippen LogP) is 2.38. The fourth-order valence-electron chi connectivity index (χ4n) is 1.23. The van der Waals surface area contributed by atoms with Gasteiger partial charge >= 0.3 is 0 Å². The van der Waals surface area contributed by atoms with Crippen LogP contribution in [-0.4, -0.2) is 10.3 Å². The summed E-state index contributed by atoms with van der Waals surface area (Å²) in [5, 5.41) is 23.1. The highest BCUT2D eigenvalue weighted by atomic mass is 35.5. The van der Waals surface area contributed by atoms with Crippen molar-refractivity contribution in [2.24, 2.45) is 0 Å². The molecule has 0 aromatic carbocycles. The van der Waals surface area contributed by atoms with Gasteiger partial charge in [0.1, 0.15) is 6.07 Å². The van der Waals surface area contributed by atoms with Gasteiger partial charge in [0.25, 0.3) is 0 Å². The second-order valence-electron chi connectivity index (χ2n) is 2.64. The zero-order chi connectivity index (χ0) is 9.42. The van der Waals surface area contributed by atoms with Crippen LogP contribution >= 0.6 is 22.9 Å². The predicted molar refractivity (Wildman–Crippen MR) is 50.0 cm³/mol. The fourth-order valence-corrected chi connectivity index (χ4v) is 2.45. The van der Waals surface area contributed by atoms with Crippen LogP contribution in [0.5, 0.6) is 0 Å². The number of nitrogens with zero attached hydrogens (tertiary/aromatic N) is 2. The van der Waals surface area contributed by atoms with Crippen LogP contribution in [0.25, 0.3) is 5.03 Å².